The Kier molecular flexibility index (Phi) is 5.56. The lowest BCUT2D eigenvalue weighted by Crippen LogP contribution is -1.95. The van der Waals surface area contributed by atoms with E-state index in [1.54, 1.807) is 26.0 Å². The zero-order valence-electron chi connectivity index (χ0n) is 19.0. The number of fused-ring (bicyclic) bond motifs is 3. The maximum Gasteiger partial charge on any atom is 0.0978 e. The van der Waals surface area contributed by atoms with Crippen molar-refractivity contribution in [3.63, 3.8) is 0 Å². The number of hydrogen-bond donors (Lipinski definition) is 2. The van der Waals surface area contributed by atoms with E-state index >= 15 is 0 Å². The molecule has 5 aromatic rings. The van der Waals surface area contributed by atoms with Crippen molar-refractivity contribution in [2.75, 3.05) is 0 Å². The first-order valence-corrected chi connectivity index (χ1v) is 11.1. The van der Waals surface area contributed by atoms with Crippen LogP contribution in [0.25, 0.3) is 56.2 Å². The van der Waals surface area contributed by atoms with Gasteiger partial charge < -0.3 is 10.2 Å². The molecule has 34 heavy (non-hydrogen) atoms. The van der Waals surface area contributed by atoms with Gasteiger partial charge in [0.1, 0.15) is 0 Å². The molecule has 4 heteroatoms. The highest BCUT2D eigenvalue weighted by Crippen LogP contribution is 2.36. The highest BCUT2D eigenvalue weighted by Gasteiger charge is 2.15. The van der Waals surface area contributed by atoms with Crippen LogP contribution in [0.1, 0.15) is 25.2 Å². The van der Waals surface area contributed by atoms with E-state index in [2.05, 4.69) is 36.4 Å². The largest absolute Gasteiger partial charge is 0.513 e. The summed E-state index contributed by atoms with van der Waals surface area (Å²) in [6, 6.07) is 28.4. The molecule has 0 aliphatic carbocycles. The van der Waals surface area contributed by atoms with Crippen molar-refractivity contribution >= 4 is 34.0 Å². The number of rotatable bonds is 4. The van der Waals surface area contributed by atoms with E-state index in [0.717, 1.165) is 44.1 Å². The molecule has 0 aliphatic rings. The van der Waals surface area contributed by atoms with Gasteiger partial charge in [-0.3, -0.25) is 0 Å². The molecule has 0 spiro atoms. The predicted octanol–water partition coefficient (Wildman–Crippen LogP) is 7.95. The van der Waals surface area contributed by atoms with Gasteiger partial charge in [0.2, 0.25) is 0 Å². The maximum atomic E-state index is 9.96. The number of aromatic nitrogens is 2. The number of pyridine rings is 2. The topological polar surface area (TPSA) is 66.2 Å². The molecule has 0 saturated carbocycles. The quantitative estimate of drug-likeness (QED) is 0.218. The fraction of sp³-hybridized carbons (Fsp3) is 0.0667. The summed E-state index contributed by atoms with van der Waals surface area (Å²) >= 11 is 0. The SMILES string of the molecule is CC(O)=Cc1cc(-c2ccccc2)c2ccc3c(-c4ccccc4)cc(C=C(C)O)nc3c2n1. The second-order valence-corrected chi connectivity index (χ2v) is 8.35. The summed E-state index contributed by atoms with van der Waals surface area (Å²) in [6.07, 6.45) is 3.31. The summed E-state index contributed by atoms with van der Waals surface area (Å²) in [7, 11) is 0. The molecule has 2 N–H and O–H groups in total. The van der Waals surface area contributed by atoms with E-state index in [-0.39, 0.29) is 11.5 Å². The van der Waals surface area contributed by atoms with Crippen LogP contribution in [-0.2, 0) is 0 Å². The number of benzene rings is 3. The lowest BCUT2D eigenvalue weighted by molar-refractivity contribution is 0.419. The lowest BCUT2D eigenvalue weighted by Gasteiger charge is -2.14. The third-order valence-electron chi connectivity index (χ3n) is 5.68. The van der Waals surface area contributed by atoms with Gasteiger partial charge in [0.25, 0.3) is 0 Å². The zero-order chi connectivity index (χ0) is 23.7. The Morgan fingerprint density at radius 3 is 1.32 bits per heavy atom. The van der Waals surface area contributed by atoms with Crippen LogP contribution < -0.4 is 0 Å². The Hall–Kier alpha value is -4.44. The van der Waals surface area contributed by atoms with Gasteiger partial charge in [-0.25, -0.2) is 9.97 Å². The van der Waals surface area contributed by atoms with Gasteiger partial charge in [-0.15, -0.1) is 0 Å². The molecular formula is C30H24N2O2. The molecule has 2 aromatic heterocycles. The molecule has 2 heterocycles. The molecule has 4 nitrogen and oxygen atoms in total. The molecule has 5 rings (SSSR count). The van der Waals surface area contributed by atoms with Crippen LogP contribution in [0.3, 0.4) is 0 Å². The van der Waals surface area contributed by atoms with Gasteiger partial charge in [0.05, 0.1) is 33.9 Å². The smallest absolute Gasteiger partial charge is 0.0978 e. The van der Waals surface area contributed by atoms with Gasteiger partial charge in [0, 0.05) is 22.9 Å². The molecule has 0 saturated heterocycles. The summed E-state index contributed by atoms with van der Waals surface area (Å²) in [5, 5.41) is 21.9. The van der Waals surface area contributed by atoms with Crippen molar-refractivity contribution in [3.05, 3.63) is 108 Å². The minimum Gasteiger partial charge on any atom is -0.513 e. The molecule has 166 valence electrons. The fourth-order valence-electron chi connectivity index (χ4n) is 4.30. The molecule has 0 radical (unpaired) electrons. The van der Waals surface area contributed by atoms with Gasteiger partial charge in [-0.2, -0.15) is 0 Å². The van der Waals surface area contributed by atoms with Crippen LogP contribution in [-0.4, -0.2) is 20.2 Å². The summed E-state index contributed by atoms with van der Waals surface area (Å²) < 4.78 is 0. The molecule has 0 bridgehead atoms. The van der Waals surface area contributed by atoms with Crippen LogP contribution in [0.2, 0.25) is 0 Å². The predicted molar refractivity (Wildman–Crippen MR) is 140 cm³/mol. The number of hydrogen-bond acceptors (Lipinski definition) is 4. The van der Waals surface area contributed by atoms with Gasteiger partial charge in [-0.1, -0.05) is 72.8 Å². The van der Waals surface area contributed by atoms with Gasteiger partial charge >= 0.3 is 0 Å². The zero-order valence-corrected chi connectivity index (χ0v) is 19.0. The minimum atomic E-state index is 0.184. The molecule has 0 atom stereocenters. The van der Waals surface area contributed by atoms with Crippen molar-refractivity contribution in [1.82, 2.24) is 9.97 Å². The average Bonchev–Trinajstić information content (AvgIpc) is 2.83. The molecule has 0 amide bonds. The van der Waals surface area contributed by atoms with Gasteiger partial charge in [0.15, 0.2) is 0 Å². The Balaban J connectivity index is 1.93. The monoisotopic (exact) mass is 444 g/mol. The lowest BCUT2D eigenvalue weighted by atomic mass is 9.95. The van der Waals surface area contributed by atoms with E-state index in [0.29, 0.717) is 11.4 Å². The highest BCUT2D eigenvalue weighted by molar-refractivity contribution is 6.12. The van der Waals surface area contributed by atoms with Crippen LogP contribution in [0, 0.1) is 0 Å². The van der Waals surface area contributed by atoms with Crippen molar-refractivity contribution in [1.29, 1.82) is 0 Å². The number of aliphatic hydroxyl groups is 2. The van der Waals surface area contributed by atoms with E-state index in [4.69, 9.17) is 9.97 Å². The van der Waals surface area contributed by atoms with Crippen LogP contribution in [0.5, 0.6) is 0 Å². The Morgan fingerprint density at radius 1 is 0.588 bits per heavy atom. The maximum absolute atomic E-state index is 9.96. The van der Waals surface area contributed by atoms with E-state index in [9.17, 15) is 10.2 Å². The average molecular weight is 445 g/mol. The van der Waals surface area contributed by atoms with Crippen molar-refractivity contribution < 1.29 is 10.2 Å². The number of nitrogens with zero attached hydrogens (tertiary/aromatic N) is 2. The van der Waals surface area contributed by atoms with Crippen LogP contribution >= 0.6 is 0 Å². The molecule has 0 unspecified atom stereocenters. The van der Waals surface area contributed by atoms with Crippen LogP contribution in [0.15, 0.2) is 96.4 Å². The summed E-state index contributed by atoms with van der Waals surface area (Å²) in [5.74, 6) is 0.368. The second kappa shape index (κ2) is 8.83. The molecular weight excluding hydrogens is 420 g/mol. The summed E-state index contributed by atoms with van der Waals surface area (Å²) in [6.45, 7) is 3.27. The first kappa shape index (κ1) is 21.4. The molecule has 3 aromatic carbocycles. The Morgan fingerprint density at radius 2 is 0.971 bits per heavy atom. The standard InChI is InChI=1S/C30H24N2O2/c1-19(33)15-23-17-27(21-9-5-3-6-10-21)25-13-14-26-28(22-11-7-4-8-12-22)18-24(16-20(2)34)32-30(26)29(25)31-23/h3-18,33-34H,1-2H3. The fourth-order valence-corrected chi connectivity index (χ4v) is 4.30. The molecule has 0 aliphatic heterocycles. The van der Waals surface area contributed by atoms with Gasteiger partial charge in [-0.05, 0) is 48.2 Å². The summed E-state index contributed by atoms with van der Waals surface area (Å²) in [5.41, 5.74) is 6.95. The van der Waals surface area contributed by atoms with E-state index in [1.165, 1.54) is 0 Å². The van der Waals surface area contributed by atoms with Crippen molar-refractivity contribution in [3.8, 4) is 22.3 Å². The third-order valence-corrected chi connectivity index (χ3v) is 5.68. The first-order chi connectivity index (χ1) is 16.5. The highest BCUT2D eigenvalue weighted by atomic mass is 16.3. The first-order valence-electron chi connectivity index (χ1n) is 11.1. The number of aliphatic hydroxyl groups excluding tert-OH is 2. The van der Waals surface area contributed by atoms with Crippen molar-refractivity contribution in [2.24, 2.45) is 0 Å². The van der Waals surface area contributed by atoms with Crippen molar-refractivity contribution in [2.45, 2.75) is 13.8 Å². The summed E-state index contributed by atoms with van der Waals surface area (Å²) in [4.78, 5) is 9.81. The molecule has 0 fully saturated rings. The van der Waals surface area contributed by atoms with E-state index in [1.807, 2.05) is 48.5 Å². The third kappa shape index (κ3) is 4.14. The van der Waals surface area contributed by atoms with E-state index < -0.39 is 0 Å². The minimum absolute atomic E-state index is 0.184. The van der Waals surface area contributed by atoms with Crippen LogP contribution in [0.4, 0.5) is 0 Å². The Bertz CT molecular complexity index is 1440. The second-order valence-electron chi connectivity index (χ2n) is 8.35. The normalized spacial score (nSPS) is 12.4. The Labute approximate surface area is 198 Å². The number of allylic oxidation sites excluding steroid dienone is 2.